The van der Waals surface area contributed by atoms with Crippen molar-refractivity contribution in [3.05, 3.63) is 119 Å². The molecule has 3 aliphatic rings. The Hall–Kier alpha value is -6.21. The molecule has 1 fully saturated rings. The van der Waals surface area contributed by atoms with Crippen molar-refractivity contribution < 1.29 is 19.2 Å². The van der Waals surface area contributed by atoms with Crippen molar-refractivity contribution in [2.45, 2.75) is 45.1 Å². The van der Waals surface area contributed by atoms with Crippen molar-refractivity contribution in [2.24, 2.45) is 5.92 Å². The highest BCUT2D eigenvalue weighted by Gasteiger charge is 2.41. The van der Waals surface area contributed by atoms with E-state index in [9.17, 15) is 19.2 Å². The molecular weight excluding hydrogens is 647 g/mol. The van der Waals surface area contributed by atoms with Gasteiger partial charge in [-0.05, 0) is 94.4 Å². The van der Waals surface area contributed by atoms with E-state index in [0.29, 0.717) is 55.7 Å². The van der Waals surface area contributed by atoms with Gasteiger partial charge in [0, 0.05) is 49.8 Å². The Kier molecular flexibility index (Phi) is 5.91. The summed E-state index contributed by atoms with van der Waals surface area (Å²) >= 11 is 0. The molecule has 0 N–H and O–H groups in total. The van der Waals surface area contributed by atoms with Gasteiger partial charge >= 0.3 is 0 Å². The quantitative estimate of drug-likeness (QED) is 0.106. The van der Waals surface area contributed by atoms with Crippen LogP contribution < -0.4 is 4.90 Å². The Morgan fingerprint density at radius 2 is 0.923 bits per heavy atom. The normalized spacial score (nSPS) is 17.2. The number of hydrogen-bond acceptors (Lipinski definition) is 5. The van der Waals surface area contributed by atoms with E-state index in [1.165, 1.54) is 16.2 Å². The fourth-order valence-corrected chi connectivity index (χ4v) is 9.75. The molecule has 0 spiro atoms. The van der Waals surface area contributed by atoms with E-state index in [2.05, 4.69) is 0 Å². The largest absolute Gasteiger partial charge is 0.271 e. The number of benzene rings is 7. The Labute approximate surface area is 297 Å². The number of carbonyl (C=O) groups is 4. The first-order valence-electron chi connectivity index (χ1n) is 18.2. The summed E-state index contributed by atoms with van der Waals surface area (Å²) in [5.74, 6) is -0.935. The van der Waals surface area contributed by atoms with Crippen molar-refractivity contribution >= 4 is 94.2 Å². The van der Waals surface area contributed by atoms with Gasteiger partial charge in [0.25, 0.3) is 23.6 Å². The number of para-hydroxylation sites is 2. The van der Waals surface area contributed by atoms with E-state index >= 15 is 0 Å². The highest BCUT2D eigenvalue weighted by atomic mass is 16.2. The lowest BCUT2D eigenvalue weighted by Gasteiger charge is -2.38. The average Bonchev–Trinajstić information content (AvgIpc) is 3.18. The Bertz CT molecular complexity index is 2780. The van der Waals surface area contributed by atoms with Crippen LogP contribution in [-0.2, 0) is 0 Å². The van der Waals surface area contributed by atoms with Crippen molar-refractivity contribution in [3.63, 3.8) is 0 Å². The van der Waals surface area contributed by atoms with Crippen molar-refractivity contribution in [2.75, 3.05) is 4.90 Å². The fraction of sp³-hybridized carbons (Fsp3) is 0.178. The zero-order valence-corrected chi connectivity index (χ0v) is 28.4. The predicted molar refractivity (Wildman–Crippen MR) is 205 cm³/mol. The van der Waals surface area contributed by atoms with Crippen LogP contribution in [0.4, 0.5) is 5.69 Å². The third-order valence-electron chi connectivity index (χ3n) is 12.2. The van der Waals surface area contributed by atoms with Crippen LogP contribution in [0.2, 0.25) is 0 Å². The first-order chi connectivity index (χ1) is 25.4. The number of pyridine rings is 1. The number of fused-ring (bicyclic) bond motifs is 4. The Morgan fingerprint density at radius 3 is 1.38 bits per heavy atom. The average molecular weight is 678 g/mol. The topological polar surface area (TPSA) is 87.7 Å². The third kappa shape index (κ3) is 3.67. The van der Waals surface area contributed by atoms with Gasteiger partial charge in [-0.2, -0.15) is 0 Å². The molecule has 0 saturated heterocycles. The first-order valence-corrected chi connectivity index (χ1v) is 18.2. The highest BCUT2D eigenvalue weighted by Crippen LogP contribution is 2.48. The Morgan fingerprint density at radius 1 is 0.500 bits per heavy atom. The summed E-state index contributed by atoms with van der Waals surface area (Å²) in [7, 11) is 0. The summed E-state index contributed by atoms with van der Waals surface area (Å²) in [5, 5.41) is 7.97. The minimum absolute atomic E-state index is 0.176. The lowest BCUT2D eigenvalue weighted by atomic mass is 9.80. The van der Waals surface area contributed by atoms with Crippen molar-refractivity contribution in [1.29, 1.82) is 0 Å². The number of rotatable bonds is 3. The monoisotopic (exact) mass is 677 g/mol. The van der Waals surface area contributed by atoms with Crippen molar-refractivity contribution in [1.82, 2.24) is 9.88 Å². The van der Waals surface area contributed by atoms with Crippen LogP contribution in [0.5, 0.6) is 0 Å². The lowest BCUT2D eigenvalue weighted by molar-refractivity contribution is 0.0474. The van der Waals surface area contributed by atoms with Gasteiger partial charge in [0.15, 0.2) is 0 Å². The maximum Gasteiger partial charge on any atom is 0.266 e. The molecule has 0 unspecified atom stereocenters. The van der Waals surface area contributed by atoms with E-state index in [4.69, 9.17) is 4.98 Å². The van der Waals surface area contributed by atoms with Gasteiger partial charge < -0.3 is 0 Å². The third-order valence-corrected chi connectivity index (χ3v) is 12.2. The van der Waals surface area contributed by atoms with Crippen LogP contribution in [0.25, 0.3) is 64.9 Å². The summed E-state index contributed by atoms with van der Waals surface area (Å²) < 4.78 is 0. The van der Waals surface area contributed by atoms with Gasteiger partial charge in [0.1, 0.15) is 0 Å². The molecule has 2 aliphatic heterocycles. The van der Waals surface area contributed by atoms with E-state index in [1.807, 2.05) is 104 Å². The molecule has 8 aromatic rings. The number of carbonyl (C=O) groups excluding carboxylic acids is 4. The van der Waals surface area contributed by atoms with Crippen LogP contribution in [0.1, 0.15) is 80.5 Å². The molecule has 52 heavy (non-hydrogen) atoms. The molecule has 1 atom stereocenters. The van der Waals surface area contributed by atoms with E-state index in [-0.39, 0.29) is 29.7 Å². The SMILES string of the molecule is C[C@@H](C1CCCCC1)N1C(=O)c2ccc3c4ccc5c6c(ccc(c7ccc(c2c37)C1=O)c64)C(=O)N(c1c2ccccc2nc2ccccc12)C5=O. The maximum atomic E-state index is 14.7. The van der Waals surface area contributed by atoms with Crippen LogP contribution in [-0.4, -0.2) is 39.6 Å². The minimum Gasteiger partial charge on any atom is -0.271 e. The molecule has 7 nitrogen and oxygen atoms in total. The van der Waals surface area contributed by atoms with Crippen LogP contribution >= 0.6 is 0 Å². The summed E-state index contributed by atoms with van der Waals surface area (Å²) in [6.45, 7) is 2.03. The van der Waals surface area contributed by atoms with Gasteiger partial charge in [-0.25, -0.2) is 9.88 Å². The zero-order valence-electron chi connectivity index (χ0n) is 28.4. The molecule has 1 aliphatic carbocycles. The number of hydrogen-bond donors (Lipinski definition) is 0. The van der Waals surface area contributed by atoms with Crippen LogP contribution in [0.15, 0.2) is 97.1 Å². The summed E-state index contributed by atoms with van der Waals surface area (Å²) in [6.07, 6.45) is 5.52. The fourth-order valence-electron chi connectivity index (χ4n) is 9.75. The second-order valence-electron chi connectivity index (χ2n) is 14.7. The summed E-state index contributed by atoms with van der Waals surface area (Å²) in [6, 6.07) is 30.2. The second kappa shape index (κ2) is 10.4. The second-order valence-corrected chi connectivity index (χ2v) is 14.7. The van der Waals surface area contributed by atoms with Crippen LogP contribution in [0, 0.1) is 5.92 Å². The predicted octanol–water partition coefficient (Wildman–Crippen LogP) is 9.80. The molecule has 0 radical (unpaired) electrons. The zero-order chi connectivity index (χ0) is 35.0. The molecule has 4 amide bonds. The van der Waals surface area contributed by atoms with Crippen LogP contribution in [0.3, 0.4) is 0 Å². The van der Waals surface area contributed by atoms with Gasteiger partial charge in [-0.1, -0.05) is 79.9 Å². The number of imide groups is 2. The molecule has 1 aromatic heterocycles. The molecule has 250 valence electrons. The molecule has 3 heterocycles. The smallest absolute Gasteiger partial charge is 0.266 e. The number of amides is 4. The Balaban J connectivity index is 1.13. The van der Waals surface area contributed by atoms with E-state index in [1.54, 1.807) is 0 Å². The van der Waals surface area contributed by atoms with Gasteiger partial charge in [0.2, 0.25) is 0 Å². The van der Waals surface area contributed by atoms with Gasteiger partial charge in [-0.3, -0.25) is 24.1 Å². The summed E-state index contributed by atoms with van der Waals surface area (Å²) in [5.41, 5.74) is 3.93. The van der Waals surface area contributed by atoms with Gasteiger partial charge in [-0.15, -0.1) is 0 Å². The van der Waals surface area contributed by atoms with E-state index in [0.717, 1.165) is 68.8 Å². The molecule has 11 rings (SSSR count). The molecular formula is C45H31N3O4. The highest BCUT2D eigenvalue weighted by molar-refractivity contribution is 6.45. The molecule has 7 heteroatoms. The maximum absolute atomic E-state index is 14.7. The summed E-state index contributed by atoms with van der Waals surface area (Å²) in [4.78, 5) is 65.4. The number of anilines is 1. The van der Waals surface area contributed by atoms with E-state index < -0.39 is 0 Å². The lowest BCUT2D eigenvalue weighted by Crippen LogP contribution is -2.49. The van der Waals surface area contributed by atoms with Gasteiger partial charge in [0.05, 0.1) is 16.7 Å². The minimum atomic E-state index is -0.387. The van der Waals surface area contributed by atoms with Crippen molar-refractivity contribution in [3.8, 4) is 0 Å². The molecule has 7 aromatic carbocycles. The standard InChI is InChI=1S/C45H31N3O4/c1-23(24-9-3-2-4-10-24)47-42(49)31-19-15-25-27-17-21-33-40-34(22-18-28(38(27)40)26-16-20-32(43(47)50)39(31)37(25)26)45(52)48(44(33)51)41-29-11-5-7-13-35(29)46-36-14-8-6-12-30(36)41/h5-8,11-24H,2-4,9-10H2,1H3/t23-/m0/s1. The first kappa shape index (κ1) is 29.5. The molecule has 1 saturated carbocycles. The molecule has 0 bridgehead atoms. The number of aromatic nitrogens is 1. The number of nitrogens with zero attached hydrogens (tertiary/aromatic N) is 3.